The van der Waals surface area contributed by atoms with E-state index in [9.17, 15) is 5.26 Å². The van der Waals surface area contributed by atoms with Crippen LogP contribution in [0.1, 0.15) is 10.6 Å². The first-order chi connectivity index (χ1) is 12.7. The minimum absolute atomic E-state index is 0.463. The van der Waals surface area contributed by atoms with E-state index in [1.807, 2.05) is 42.5 Å². The van der Waals surface area contributed by atoms with Crippen LogP contribution in [0, 0.1) is 11.3 Å². The Balaban J connectivity index is 1.63. The smallest absolute Gasteiger partial charge is 0.147 e. The first kappa shape index (κ1) is 16.5. The van der Waals surface area contributed by atoms with Gasteiger partial charge in [0.1, 0.15) is 16.1 Å². The molecule has 0 amide bonds. The number of pyridine rings is 1. The van der Waals surface area contributed by atoms with Crippen molar-refractivity contribution in [2.24, 2.45) is 0 Å². The molecule has 0 aliphatic rings. The zero-order valence-corrected chi connectivity index (χ0v) is 15.1. The van der Waals surface area contributed by atoms with Gasteiger partial charge in [0.05, 0.1) is 23.3 Å². The van der Waals surface area contributed by atoms with Gasteiger partial charge in [0.2, 0.25) is 0 Å². The van der Waals surface area contributed by atoms with Crippen LogP contribution in [-0.4, -0.2) is 15.2 Å². The fourth-order valence-electron chi connectivity index (χ4n) is 2.63. The summed E-state index contributed by atoms with van der Waals surface area (Å²) in [7, 11) is 0. The van der Waals surface area contributed by atoms with Crippen LogP contribution in [0.2, 0.25) is 5.02 Å². The van der Waals surface area contributed by atoms with E-state index in [4.69, 9.17) is 11.6 Å². The van der Waals surface area contributed by atoms with Gasteiger partial charge in [-0.1, -0.05) is 53.3 Å². The Hall–Kier alpha value is -3.01. The average Bonchev–Trinajstić information content (AvgIpc) is 3.15. The van der Waals surface area contributed by atoms with Gasteiger partial charge in [-0.15, -0.1) is 10.2 Å². The van der Waals surface area contributed by atoms with Crippen molar-refractivity contribution in [3.8, 4) is 16.6 Å². The number of fused-ring (bicyclic) bond motifs is 1. The van der Waals surface area contributed by atoms with Crippen LogP contribution < -0.4 is 5.32 Å². The first-order valence-corrected chi connectivity index (χ1v) is 9.04. The minimum Gasteiger partial charge on any atom is -0.377 e. The summed E-state index contributed by atoms with van der Waals surface area (Å²) in [6.07, 6.45) is 1.56. The Morgan fingerprint density at radius 3 is 2.77 bits per heavy atom. The normalized spacial score (nSPS) is 10.6. The van der Waals surface area contributed by atoms with Gasteiger partial charge in [0, 0.05) is 22.2 Å². The highest BCUT2D eigenvalue weighted by Gasteiger charge is 2.11. The molecule has 4 rings (SSSR count). The lowest BCUT2D eigenvalue weighted by Crippen LogP contribution is -2.02. The fraction of sp³-hybridized carbons (Fsp3) is 0.0526. The molecule has 2 aromatic heterocycles. The summed E-state index contributed by atoms with van der Waals surface area (Å²) < 4.78 is 0. The second-order valence-corrected chi connectivity index (χ2v) is 7.04. The summed E-state index contributed by atoms with van der Waals surface area (Å²) >= 11 is 7.63. The molecule has 26 heavy (non-hydrogen) atoms. The number of nitrogens with zero attached hydrogens (tertiary/aromatic N) is 4. The molecule has 0 unspecified atom stereocenters. The van der Waals surface area contributed by atoms with Crippen molar-refractivity contribution in [2.75, 3.05) is 5.32 Å². The number of nitrogens with one attached hydrogen (secondary N) is 1. The SMILES string of the molecule is N#Cc1cnc2ccc(Cl)cc2c1NCc1nnc(-c2ccccc2)s1. The van der Waals surface area contributed by atoms with Gasteiger partial charge in [-0.3, -0.25) is 4.98 Å². The van der Waals surface area contributed by atoms with Crippen LogP contribution in [-0.2, 0) is 6.54 Å². The van der Waals surface area contributed by atoms with Gasteiger partial charge in [-0.05, 0) is 18.2 Å². The number of anilines is 1. The molecule has 0 fully saturated rings. The molecule has 5 nitrogen and oxygen atoms in total. The molecule has 7 heteroatoms. The van der Waals surface area contributed by atoms with Crippen molar-refractivity contribution in [1.29, 1.82) is 5.26 Å². The highest BCUT2D eigenvalue weighted by Crippen LogP contribution is 2.29. The van der Waals surface area contributed by atoms with Crippen LogP contribution in [0.25, 0.3) is 21.5 Å². The lowest BCUT2D eigenvalue weighted by atomic mass is 10.1. The maximum Gasteiger partial charge on any atom is 0.147 e. The van der Waals surface area contributed by atoms with E-state index in [0.717, 1.165) is 26.5 Å². The zero-order valence-electron chi connectivity index (χ0n) is 13.5. The number of halogens is 1. The number of benzene rings is 2. The van der Waals surface area contributed by atoms with Crippen molar-refractivity contribution in [1.82, 2.24) is 15.2 Å². The molecule has 0 bridgehead atoms. The second-order valence-electron chi connectivity index (χ2n) is 5.54. The van der Waals surface area contributed by atoms with Gasteiger partial charge in [-0.2, -0.15) is 5.26 Å². The van der Waals surface area contributed by atoms with Crippen LogP contribution in [0.3, 0.4) is 0 Å². The molecule has 4 aromatic rings. The molecule has 2 heterocycles. The third-order valence-corrected chi connectivity index (χ3v) is 5.06. The standard InChI is InChI=1S/C19H12ClN5S/c20-14-6-7-16-15(8-14)18(13(9-21)10-22-16)23-11-17-24-25-19(26-17)12-4-2-1-3-5-12/h1-8,10H,11H2,(H,22,23). The Kier molecular flexibility index (Phi) is 4.48. The topological polar surface area (TPSA) is 74.5 Å². The third-order valence-electron chi connectivity index (χ3n) is 3.85. The van der Waals surface area contributed by atoms with Gasteiger partial charge >= 0.3 is 0 Å². The number of rotatable bonds is 4. The summed E-state index contributed by atoms with van der Waals surface area (Å²) in [4.78, 5) is 4.31. The number of nitriles is 1. The van der Waals surface area contributed by atoms with E-state index in [0.29, 0.717) is 22.8 Å². The average molecular weight is 378 g/mol. The molecule has 0 saturated carbocycles. The highest BCUT2D eigenvalue weighted by atomic mass is 35.5. The van der Waals surface area contributed by atoms with Gasteiger partial charge < -0.3 is 5.32 Å². The predicted molar refractivity (Wildman–Crippen MR) is 104 cm³/mol. The molecule has 0 aliphatic heterocycles. The molecule has 0 radical (unpaired) electrons. The first-order valence-electron chi connectivity index (χ1n) is 7.84. The summed E-state index contributed by atoms with van der Waals surface area (Å²) in [6, 6.07) is 17.5. The van der Waals surface area contributed by atoms with Gasteiger partial charge in [0.25, 0.3) is 0 Å². The molecule has 0 saturated heterocycles. The monoisotopic (exact) mass is 377 g/mol. The lowest BCUT2D eigenvalue weighted by Gasteiger charge is -2.10. The van der Waals surface area contributed by atoms with Crippen LogP contribution in [0.4, 0.5) is 5.69 Å². The molecule has 1 N–H and O–H groups in total. The highest BCUT2D eigenvalue weighted by molar-refractivity contribution is 7.14. The van der Waals surface area contributed by atoms with E-state index >= 15 is 0 Å². The molecular formula is C19H12ClN5S. The fourth-order valence-corrected chi connectivity index (χ4v) is 3.58. The van der Waals surface area contributed by atoms with Crippen molar-refractivity contribution in [3.63, 3.8) is 0 Å². The van der Waals surface area contributed by atoms with Gasteiger partial charge in [-0.25, -0.2) is 0 Å². The lowest BCUT2D eigenvalue weighted by molar-refractivity contribution is 0.993. The molecule has 126 valence electrons. The quantitative estimate of drug-likeness (QED) is 0.548. The van der Waals surface area contributed by atoms with Crippen molar-refractivity contribution < 1.29 is 0 Å². The second kappa shape index (κ2) is 7.08. The Morgan fingerprint density at radius 1 is 1.12 bits per heavy atom. The van der Waals surface area contributed by atoms with E-state index in [2.05, 4.69) is 26.6 Å². The Morgan fingerprint density at radius 2 is 1.96 bits per heavy atom. The van der Waals surface area contributed by atoms with E-state index in [1.165, 1.54) is 11.3 Å². The van der Waals surface area contributed by atoms with Crippen molar-refractivity contribution in [3.05, 3.63) is 70.3 Å². The zero-order chi connectivity index (χ0) is 17.9. The molecule has 0 spiro atoms. The number of hydrogen-bond donors (Lipinski definition) is 1. The molecule has 0 aliphatic carbocycles. The molecular weight excluding hydrogens is 366 g/mol. The van der Waals surface area contributed by atoms with E-state index in [-0.39, 0.29) is 0 Å². The Bertz CT molecular complexity index is 1120. The molecule has 2 aromatic carbocycles. The number of hydrogen-bond acceptors (Lipinski definition) is 6. The maximum absolute atomic E-state index is 9.41. The number of aromatic nitrogens is 3. The van der Waals surface area contributed by atoms with Crippen molar-refractivity contribution in [2.45, 2.75) is 6.54 Å². The summed E-state index contributed by atoms with van der Waals surface area (Å²) in [5.41, 5.74) is 2.98. The third kappa shape index (κ3) is 3.23. The molecule has 0 atom stereocenters. The summed E-state index contributed by atoms with van der Waals surface area (Å²) in [5.74, 6) is 0. The van der Waals surface area contributed by atoms with Crippen LogP contribution in [0.15, 0.2) is 54.7 Å². The summed E-state index contributed by atoms with van der Waals surface area (Å²) in [5, 5.41) is 24.3. The van der Waals surface area contributed by atoms with Crippen molar-refractivity contribution >= 4 is 39.5 Å². The Labute approximate surface area is 158 Å². The van der Waals surface area contributed by atoms with Crippen LogP contribution >= 0.6 is 22.9 Å². The predicted octanol–water partition coefficient (Wildman–Crippen LogP) is 4.89. The largest absolute Gasteiger partial charge is 0.377 e. The summed E-state index contributed by atoms with van der Waals surface area (Å²) in [6.45, 7) is 0.463. The van der Waals surface area contributed by atoms with Gasteiger partial charge in [0.15, 0.2) is 0 Å². The van der Waals surface area contributed by atoms with E-state index in [1.54, 1.807) is 12.3 Å². The maximum atomic E-state index is 9.41. The van der Waals surface area contributed by atoms with E-state index < -0.39 is 0 Å². The minimum atomic E-state index is 0.463. The van der Waals surface area contributed by atoms with Crippen LogP contribution in [0.5, 0.6) is 0 Å².